The predicted molar refractivity (Wildman–Crippen MR) is 97.8 cm³/mol. The van der Waals surface area contributed by atoms with Gasteiger partial charge in [0, 0.05) is 31.6 Å². The summed E-state index contributed by atoms with van der Waals surface area (Å²) in [4.78, 5) is 25.1. The zero-order valence-electron chi connectivity index (χ0n) is 14.9. The molecule has 0 bridgehead atoms. The Bertz CT molecular complexity index is 947. The number of methoxy groups -OCH3 is 1. The molecule has 0 atom stereocenters. The summed E-state index contributed by atoms with van der Waals surface area (Å²) in [5.74, 6) is -0.105. The van der Waals surface area contributed by atoms with Crippen molar-refractivity contribution >= 4 is 23.3 Å². The summed E-state index contributed by atoms with van der Waals surface area (Å²) in [5, 5.41) is 17.5. The Balaban J connectivity index is 1.64. The number of nitrogens with one attached hydrogen (secondary N) is 2. The average molecular weight is 369 g/mol. The smallest absolute Gasteiger partial charge is 0.250 e. The lowest BCUT2D eigenvalue weighted by Gasteiger charge is -2.06. The van der Waals surface area contributed by atoms with Gasteiger partial charge in [-0.25, -0.2) is 0 Å². The summed E-state index contributed by atoms with van der Waals surface area (Å²) in [7, 11) is 3.13. The van der Waals surface area contributed by atoms with Crippen LogP contribution in [-0.2, 0) is 27.9 Å². The lowest BCUT2D eigenvalue weighted by atomic mass is 10.1. The lowest BCUT2D eigenvalue weighted by molar-refractivity contribution is -0.119. The Labute approximate surface area is 155 Å². The second kappa shape index (κ2) is 8.23. The monoisotopic (exact) mass is 369 g/mol. The Kier molecular flexibility index (Phi) is 5.57. The van der Waals surface area contributed by atoms with Crippen molar-refractivity contribution in [2.24, 2.45) is 7.05 Å². The van der Waals surface area contributed by atoms with Crippen molar-refractivity contribution in [1.82, 2.24) is 24.8 Å². The van der Waals surface area contributed by atoms with Gasteiger partial charge in [0.25, 0.3) is 0 Å². The lowest BCUT2D eigenvalue weighted by Crippen LogP contribution is -2.19. The van der Waals surface area contributed by atoms with E-state index in [4.69, 9.17) is 4.74 Å². The molecule has 0 aliphatic rings. The summed E-state index contributed by atoms with van der Waals surface area (Å²) in [6.07, 6.45) is 4.88. The van der Waals surface area contributed by atoms with Crippen molar-refractivity contribution in [2.45, 2.75) is 6.54 Å². The first-order chi connectivity index (χ1) is 13.0. The number of aryl methyl sites for hydroxylation is 1. The summed E-state index contributed by atoms with van der Waals surface area (Å²) in [6.45, 7) is 0.0316. The summed E-state index contributed by atoms with van der Waals surface area (Å²) >= 11 is 0. The van der Waals surface area contributed by atoms with E-state index in [9.17, 15) is 9.59 Å². The zero-order chi connectivity index (χ0) is 19.2. The Morgan fingerprint density at radius 1 is 1.11 bits per heavy atom. The van der Waals surface area contributed by atoms with Gasteiger partial charge in [0.2, 0.25) is 11.8 Å². The molecule has 0 aliphatic carbocycles. The van der Waals surface area contributed by atoms with Crippen LogP contribution in [0.3, 0.4) is 0 Å². The molecule has 10 heteroatoms. The van der Waals surface area contributed by atoms with Crippen LogP contribution in [0.15, 0.2) is 42.9 Å². The van der Waals surface area contributed by atoms with Gasteiger partial charge in [0.15, 0.2) is 5.82 Å². The fourth-order valence-electron chi connectivity index (χ4n) is 2.44. The number of amides is 2. The topological polar surface area (TPSA) is 116 Å². The molecule has 1 aromatic carbocycles. The van der Waals surface area contributed by atoms with Crippen molar-refractivity contribution < 1.29 is 14.3 Å². The number of anilines is 2. The van der Waals surface area contributed by atoms with Crippen molar-refractivity contribution in [3.63, 3.8) is 0 Å². The molecule has 140 valence electrons. The quantitative estimate of drug-likeness (QED) is 0.639. The van der Waals surface area contributed by atoms with E-state index in [2.05, 4.69) is 25.9 Å². The number of carbonyl (C=O) groups is 2. The van der Waals surface area contributed by atoms with E-state index < -0.39 is 0 Å². The molecule has 2 heterocycles. The van der Waals surface area contributed by atoms with Crippen LogP contribution >= 0.6 is 0 Å². The Morgan fingerprint density at radius 2 is 1.96 bits per heavy atom. The molecule has 0 saturated heterocycles. The van der Waals surface area contributed by atoms with Crippen molar-refractivity contribution in [1.29, 1.82) is 0 Å². The third-order valence-electron chi connectivity index (χ3n) is 3.56. The molecular formula is C17H19N7O3. The number of aromatic nitrogens is 5. The van der Waals surface area contributed by atoms with Gasteiger partial charge in [-0.2, -0.15) is 15.0 Å². The number of benzene rings is 1. The molecule has 10 nitrogen and oxygen atoms in total. The summed E-state index contributed by atoms with van der Waals surface area (Å²) < 4.78 is 6.33. The molecule has 27 heavy (non-hydrogen) atoms. The van der Waals surface area contributed by atoms with Crippen molar-refractivity contribution in [2.75, 3.05) is 24.4 Å². The maximum absolute atomic E-state index is 12.1. The third kappa shape index (κ3) is 4.98. The van der Waals surface area contributed by atoms with Crippen molar-refractivity contribution in [3.8, 4) is 11.1 Å². The van der Waals surface area contributed by atoms with Crippen LogP contribution in [-0.4, -0.2) is 50.3 Å². The first kappa shape index (κ1) is 18.3. The average Bonchev–Trinajstić information content (AvgIpc) is 3.24. The standard InChI is InChI=1S/C17H19N7O3/c1-23-18-8-15(22-23)21-16(25)10-24-9-13(7-19-24)12-4-3-5-14(6-12)20-17(26)11-27-2/h3-9H,10-11H2,1-2H3,(H,20,26)(H,21,22,25). The largest absolute Gasteiger partial charge is 0.375 e. The molecule has 0 fully saturated rings. The third-order valence-corrected chi connectivity index (χ3v) is 3.56. The molecule has 2 aromatic heterocycles. The minimum Gasteiger partial charge on any atom is -0.375 e. The van der Waals surface area contributed by atoms with Gasteiger partial charge in [-0.1, -0.05) is 12.1 Å². The van der Waals surface area contributed by atoms with E-state index in [1.165, 1.54) is 22.8 Å². The van der Waals surface area contributed by atoms with E-state index in [0.717, 1.165) is 11.1 Å². The molecule has 0 spiro atoms. The highest BCUT2D eigenvalue weighted by molar-refractivity contribution is 5.92. The van der Waals surface area contributed by atoms with Crippen LogP contribution in [0.2, 0.25) is 0 Å². The predicted octanol–water partition coefficient (Wildman–Crippen LogP) is 0.902. The maximum Gasteiger partial charge on any atom is 0.250 e. The zero-order valence-corrected chi connectivity index (χ0v) is 14.9. The molecule has 3 aromatic rings. The van der Waals surface area contributed by atoms with Gasteiger partial charge >= 0.3 is 0 Å². The highest BCUT2D eigenvalue weighted by atomic mass is 16.5. The fourth-order valence-corrected chi connectivity index (χ4v) is 2.44. The molecule has 3 rings (SSSR count). The minimum absolute atomic E-state index is 0.0109. The van der Waals surface area contributed by atoms with Crippen LogP contribution in [0.5, 0.6) is 0 Å². The van der Waals surface area contributed by atoms with Gasteiger partial charge in [-0.3, -0.25) is 14.3 Å². The molecule has 0 aliphatic heterocycles. The molecule has 0 saturated carbocycles. The first-order valence-corrected chi connectivity index (χ1v) is 8.11. The first-order valence-electron chi connectivity index (χ1n) is 8.11. The highest BCUT2D eigenvalue weighted by Crippen LogP contribution is 2.22. The number of nitrogens with zero attached hydrogens (tertiary/aromatic N) is 5. The minimum atomic E-state index is -0.259. The van der Waals surface area contributed by atoms with Crippen LogP contribution in [0.25, 0.3) is 11.1 Å². The molecule has 2 amide bonds. The van der Waals surface area contributed by atoms with E-state index in [-0.39, 0.29) is 25.0 Å². The van der Waals surface area contributed by atoms with Crippen LogP contribution in [0, 0.1) is 0 Å². The number of ether oxygens (including phenoxy) is 1. The van der Waals surface area contributed by atoms with Gasteiger partial charge in [0.05, 0.1) is 12.4 Å². The van der Waals surface area contributed by atoms with Crippen LogP contribution in [0.4, 0.5) is 11.5 Å². The van der Waals surface area contributed by atoms with Gasteiger partial charge in [0.1, 0.15) is 13.2 Å². The van der Waals surface area contributed by atoms with E-state index in [0.29, 0.717) is 11.5 Å². The highest BCUT2D eigenvalue weighted by Gasteiger charge is 2.09. The molecule has 2 N–H and O–H groups in total. The second-order valence-electron chi connectivity index (χ2n) is 5.76. The van der Waals surface area contributed by atoms with Gasteiger partial charge in [-0.15, -0.1) is 5.10 Å². The second-order valence-corrected chi connectivity index (χ2v) is 5.76. The summed E-state index contributed by atoms with van der Waals surface area (Å²) in [5.41, 5.74) is 2.35. The normalized spacial score (nSPS) is 10.6. The van der Waals surface area contributed by atoms with Gasteiger partial charge < -0.3 is 15.4 Å². The van der Waals surface area contributed by atoms with E-state index >= 15 is 0 Å². The van der Waals surface area contributed by atoms with Gasteiger partial charge in [-0.05, 0) is 17.7 Å². The molecular weight excluding hydrogens is 350 g/mol. The van der Waals surface area contributed by atoms with Crippen LogP contribution in [0.1, 0.15) is 0 Å². The number of carbonyl (C=O) groups excluding carboxylic acids is 2. The fraction of sp³-hybridized carbons (Fsp3) is 0.235. The number of hydrogen-bond donors (Lipinski definition) is 2. The Morgan fingerprint density at radius 3 is 2.70 bits per heavy atom. The van der Waals surface area contributed by atoms with E-state index in [1.807, 2.05) is 18.2 Å². The Hall–Kier alpha value is -3.53. The van der Waals surface area contributed by atoms with Crippen molar-refractivity contribution in [3.05, 3.63) is 42.9 Å². The SMILES string of the molecule is COCC(=O)Nc1cccc(-c2cnn(CC(=O)Nc3cnn(C)n3)c2)c1. The van der Waals surface area contributed by atoms with Crippen LogP contribution < -0.4 is 10.6 Å². The molecule has 0 unspecified atom stereocenters. The number of rotatable bonds is 7. The molecule has 0 radical (unpaired) electrons. The van der Waals surface area contributed by atoms with E-state index in [1.54, 1.807) is 25.5 Å². The maximum atomic E-state index is 12.1. The summed E-state index contributed by atoms with van der Waals surface area (Å²) in [6, 6.07) is 7.34. The number of hydrogen-bond acceptors (Lipinski definition) is 6.